The summed E-state index contributed by atoms with van der Waals surface area (Å²) in [7, 11) is 1.73. The summed E-state index contributed by atoms with van der Waals surface area (Å²) in [4.78, 5) is 12.1. The lowest BCUT2D eigenvalue weighted by atomic mass is 10.2. The minimum Gasteiger partial charge on any atom is -0.481 e. The van der Waals surface area contributed by atoms with Crippen molar-refractivity contribution in [2.24, 2.45) is 0 Å². The number of rotatable bonds is 4. The smallest absolute Gasteiger partial charge is 0.305 e. The predicted octanol–water partition coefficient (Wildman–Crippen LogP) is 2.39. The molecular weight excluding hydrogens is 221 g/mol. The predicted molar refractivity (Wildman–Crippen MR) is 56.9 cm³/mol. The van der Waals surface area contributed by atoms with E-state index < -0.39 is 11.8 Å². The average Bonchev–Trinajstić information content (AvgIpc) is 2.18. The molecule has 0 saturated carbocycles. The Labute approximate surface area is 92.1 Å². The Morgan fingerprint density at radius 1 is 1.60 bits per heavy atom. The van der Waals surface area contributed by atoms with E-state index in [4.69, 9.17) is 16.7 Å². The van der Waals surface area contributed by atoms with Crippen molar-refractivity contribution in [1.82, 2.24) is 0 Å². The van der Waals surface area contributed by atoms with Gasteiger partial charge >= 0.3 is 5.97 Å². The number of halogens is 2. The molecule has 15 heavy (non-hydrogen) atoms. The van der Waals surface area contributed by atoms with E-state index in [1.165, 1.54) is 12.1 Å². The minimum absolute atomic E-state index is 0.0332. The first kappa shape index (κ1) is 11.8. The molecule has 0 radical (unpaired) electrons. The SMILES string of the molecule is CN(CCC(=O)O)c1ccc(F)c(Cl)c1. The van der Waals surface area contributed by atoms with Gasteiger partial charge in [0.05, 0.1) is 11.4 Å². The van der Waals surface area contributed by atoms with Crippen LogP contribution in [0.2, 0.25) is 5.02 Å². The maximum absolute atomic E-state index is 12.8. The summed E-state index contributed by atoms with van der Waals surface area (Å²) in [5, 5.41) is 8.53. The Hall–Kier alpha value is -1.29. The van der Waals surface area contributed by atoms with E-state index in [0.717, 1.165) is 0 Å². The lowest BCUT2D eigenvalue weighted by molar-refractivity contribution is -0.136. The molecule has 0 atom stereocenters. The third kappa shape index (κ3) is 3.40. The Balaban J connectivity index is 2.69. The van der Waals surface area contributed by atoms with Gasteiger partial charge in [-0.2, -0.15) is 0 Å². The fourth-order valence-electron chi connectivity index (χ4n) is 1.11. The number of aliphatic carboxylic acids is 1. The average molecular weight is 232 g/mol. The second-order valence-electron chi connectivity index (χ2n) is 3.16. The molecule has 82 valence electrons. The van der Waals surface area contributed by atoms with Gasteiger partial charge in [-0.25, -0.2) is 4.39 Å². The molecule has 5 heteroatoms. The Kier molecular flexibility index (Phi) is 3.91. The van der Waals surface area contributed by atoms with E-state index in [0.29, 0.717) is 12.2 Å². The molecule has 1 N–H and O–H groups in total. The number of anilines is 1. The maximum Gasteiger partial charge on any atom is 0.305 e. The van der Waals surface area contributed by atoms with Crippen molar-refractivity contribution < 1.29 is 14.3 Å². The zero-order valence-corrected chi connectivity index (χ0v) is 8.96. The van der Waals surface area contributed by atoms with Gasteiger partial charge in [-0.3, -0.25) is 4.79 Å². The fraction of sp³-hybridized carbons (Fsp3) is 0.300. The Morgan fingerprint density at radius 3 is 2.80 bits per heavy atom. The number of hydrogen-bond donors (Lipinski definition) is 1. The van der Waals surface area contributed by atoms with Crippen molar-refractivity contribution in [1.29, 1.82) is 0 Å². The summed E-state index contributed by atoms with van der Waals surface area (Å²) in [5.74, 6) is -1.35. The second kappa shape index (κ2) is 4.98. The van der Waals surface area contributed by atoms with E-state index >= 15 is 0 Å². The van der Waals surface area contributed by atoms with E-state index in [2.05, 4.69) is 0 Å². The summed E-state index contributed by atoms with van der Waals surface area (Å²) in [6, 6.07) is 4.29. The Bertz CT molecular complexity index is 370. The molecule has 1 rings (SSSR count). The molecule has 0 aliphatic rings. The van der Waals surface area contributed by atoms with Crippen LogP contribution >= 0.6 is 11.6 Å². The van der Waals surface area contributed by atoms with Gasteiger partial charge in [0.15, 0.2) is 0 Å². The second-order valence-corrected chi connectivity index (χ2v) is 3.57. The number of nitrogens with zero attached hydrogens (tertiary/aromatic N) is 1. The normalized spacial score (nSPS) is 10.1. The molecule has 0 heterocycles. The molecule has 0 amide bonds. The highest BCUT2D eigenvalue weighted by Crippen LogP contribution is 2.21. The highest BCUT2D eigenvalue weighted by Gasteiger charge is 2.06. The van der Waals surface area contributed by atoms with Crippen LogP contribution in [-0.2, 0) is 4.79 Å². The zero-order valence-electron chi connectivity index (χ0n) is 8.20. The van der Waals surface area contributed by atoms with Crippen LogP contribution in [0, 0.1) is 5.82 Å². The number of carbonyl (C=O) groups is 1. The topological polar surface area (TPSA) is 40.5 Å². The van der Waals surface area contributed by atoms with Crippen LogP contribution in [0.25, 0.3) is 0 Å². The molecule has 0 aromatic heterocycles. The quantitative estimate of drug-likeness (QED) is 0.865. The molecule has 0 bridgehead atoms. The fourth-order valence-corrected chi connectivity index (χ4v) is 1.29. The van der Waals surface area contributed by atoms with Crippen molar-refractivity contribution in [3.8, 4) is 0 Å². The highest BCUT2D eigenvalue weighted by molar-refractivity contribution is 6.31. The molecule has 0 aliphatic carbocycles. The molecule has 0 unspecified atom stereocenters. The number of carboxylic acids is 1. The van der Waals surface area contributed by atoms with Crippen molar-refractivity contribution in [2.45, 2.75) is 6.42 Å². The molecule has 0 saturated heterocycles. The van der Waals surface area contributed by atoms with Crippen LogP contribution in [0.5, 0.6) is 0 Å². The first-order valence-corrected chi connectivity index (χ1v) is 4.76. The monoisotopic (exact) mass is 231 g/mol. The van der Waals surface area contributed by atoms with Gasteiger partial charge in [0, 0.05) is 19.3 Å². The van der Waals surface area contributed by atoms with Crippen molar-refractivity contribution in [3.63, 3.8) is 0 Å². The van der Waals surface area contributed by atoms with Crippen LogP contribution in [0.1, 0.15) is 6.42 Å². The third-order valence-corrected chi connectivity index (χ3v) is 2.29. The van der Waals surface area contributed by atoms with Gasteiger partial charge in [0.2, 0.25) is 0 Å². The van der Waals surface area contributed by atoms with Gasteiger partial charge in [-0.05, 0) is 18.2 Å². The van der Waals surface area contributed by atoms with E-state index in [9.17, 15) is 9.18 Å². The van der Waals surface area contributed by atoms with Crippen LogP contribution in [0.4, 0.5) is 10.1 Å². The summed E-state index contributed by atoms with van der Waals surface area (Å²) in [5.41, 5.74) is 0.697. The zero-order chi connectivity index (χ0) is 11.4. The summed E-state index contributed by atoms with van der Waals surface area (Å²) in [6.45, 7) is 0.358. The molecule has 1 aromatic carbocycles. The third-order valence-electron chi connectivity index (χ3n) is 2.01. The highest BCUT2D eigenvalue weighted by atomic mass is 35.5. The van der Waals surface area contributed by atoms with Crippen LogP contribution in [0.15, 0.2) is 18.2 Å². The van der Waals surface area contributed by atoms with Gasteiger partial charge in [0.25, 0.3) is 0 Å². The van der Waals surface area contributed by atoms with Gasteiger partial charge in [-0.15, -0.1) is 0 Å². The first-order valence-electron chi connectivity index (χ1n) is 4.38. The standard InChI is InChI=1S/C10H11ClFNO2/c1-13(5-4-10(14)15)7-2-3-9(12)8(11)6-7/h2-3,6H,4-5H2,1H3,(H,14,15). The summed E-state index contributed by atoms with van der Waals surface area (Å²) >= 11 is 5.60. The van der Waals surface area contributed by atoms with Crippen molar-refractivity contribution in [3.05, 3.63) is 29.0 Å². The molecule has 3 nitrogen and oxygen atoms in total. The summed E-state index contributed by atoms with van der Waals surface area (Å²) in [6.07, 6.45) is 0.0332. The van der Waals surface area contributed by atoms with E-state index in [-0.39, 0.29) is 11.4 Å². The van der Waals surface area contributed by atoms with E-state index in [1.807, 2.05) is 0 Å². The Morgan fingerprint density at radius 2 is 2.27 bits per heavy atom. The van der Waals surface area contributed by atoms with Gasteiger partial charge in [0.1, 0.15) is 5.82 Å². The van der Waals surface area contributed by atoms with E-state index in [1.54, 1.807) is 18.0 Å². The van der Waals surface area contributed by atoms with Gasteiger partial charge < -0.3 is 10.0 Å². The lowest BCUT2D eigenvalue weighted by Crippen LogP contribution is -2.20. The first-order chi connectivity index (χ1) is 7.00. The number of benzene rings is 1. The number of carboxylic acid groups (broad SMARTS) is 1. The minimum atomic E-state index is -0.866. The molecular formula is C10H11ClFNO2. The molecule has 0 aliphatic heterocycles. The molecule has 0 spiro atoms. The van der Waals surface area contributed by atoms with Crippen LogP contribution < -0.4 is 4.90 Å². The van der Waals surface area contributed by atoms with Crippen LogP contribution in [-0.4, -0.2) is 24.7 Å². The number of hydrogen-bond acceptors (Lipinski definition) is 2. The van der Waals surface area contributed by atoms with Crippen LogP contribution in [0.3, 0.4) is 0 Å². The summed E-state index contributed by atoms with van der Waals surface area (Å²) < 4.78 is 12.8. The molecule has 1 aromatic rings. The van der Waals surface area contributed by atoms with Gasteiger partial charge in [-0.1, -0.05) is 11.6 Å². The van der Waals surface area contributed by atoms with Crippen molar-refractivity contribution >= 4 is 23.3 Å². The molecule has 0 fully saturated rings. The largest absolute Gasteiger partial charge is 0.481 e. The van der Waals surface area contributed by atoms with Crippen molar-refractivity contribution in [2.75, 3.05) is 18.5 Å². The maximum atomic E-state index is 12.8. The lowest BCUT2D eigenvalue weighted by Gasteiger charge is -2.18.